The van der Waals surface area contributed by atoms with Gasteiger partial charge in [-0.05, 0) is 31.6 Å². The molecule has 3 N–H and O–H groups in total. The van der Waals surface area contributed by atoms with Gasteiger partial charge in [0.1, 0.15) is 11.5 Å². The zero-order chi connectivity index (χ0) is 18.4. The van der Waals surface area contributed by atoms with Gasteiger partial charge >= 0.3 is 5.69 Å². The largest absolute Gasteiger partial charge is 0.383 e. The fourth-order valence-corrected chi connectivity index (χ4v) is 3.27. The summed E-state index contributed by atoms with van der Waals surface area (Å²) < 4.78 is 7.32. The number of aromatic amines is 1. The van der Waals surface area contributed by atoms with Crippen LogP contribution in [0.4, 0.5) is 11.5 Å². The van der Waals surface area contributed by atoms with E-state index in [1.807, 2.05) is 18.7 Å². The Labute approximate surface area is 149 Å². The van der Waals surface area contributed by atoms with E-state index in [0.717, 1.165) is 45.3 Å². The molecule has 2 heterocycles. The monoisotopic (exact) mass is 352 g/mol. The van der Waals surface area contributed by atoms with Crippen LogP contribution >= 0.6 is 0 Å². The van der Waals surface area contributed by atoms with Crippen molar-refractivity contribution in [2.45, 2.75) is 65.5 Å². The fourth-order valence-electron chi connectivity index (χ4n) is 3.27. The molecule has 142 valence electrons. The highest BCUT2D eigenvalue weighted by atomic mass is 16.5. The molecule has 0 radical (unpaired) electrons. The van der Waals surface area contributed by atoms with Gasteiger partial charge in [0.05, 0.1) is 6.10 Å². The molecule has 7 nitrogen and oxygen atoms in total. The van der Waals surface area contributed by atoms with Gasteiger partial charge in [-0.1, -0.05) is 27.2 Å². The lowest BCUT2D eigenvalue weighted by Gasteiger charge is -2.32. The molecule has 0 bridgehead atoms. The van der Waals surface area contributed by atoms with Crippen LogP contribution in [0.2, 0.25) is 0 Å². The van der Waals surface area contributed by atoms with Crippen molar-refractivity contribution in [3.63, 3.8) is 0 Å². The first-order chi connectivity index (χ1) is 11.9. The molecule has 25 heavy (non-hydrogen) atoms. The Morgan fingerprint density at radius 2 is 2.12 bits per heavy atom. The zero-order valence-electron chi connectivity index (χ0n) is 15.7. The molecular weight excluding hydrogens is 320 g/mol. The van der Waals surface area contributed by atoms with Gasteiger partial charge in [-0.2, -0.15) is 0 Å². The van der Waals surface area contributed by atoms with Crippen LogP contribution in [-0.4, -0.2) is 35.4 Å². The molecule has 1 aromatic rings. The van der Waals surface area contributed by atoms with Gasteiger partial charge in [0.2, 0.25) is 0 Å². The second kappa shape index (κ2) is 9.08. The lowest BCUT2D eigenvalue weighted by Crippen LogP contribution is -2.43. The molecule has 0 aliphatic carbocycles. The number of aromatic nitrogens is 2. The molecule has 1 fully saturated rings. The maximum absolute atomic E-state index is 12.5. The summed E-state index contributed by atoms with van der Waals surface area (Å²) >= 11 is 0. The first kappa shape index (κ1) is 19.6. The van der Waals surface area contributed by atoms with Crippen molar-refractivity contribution < 1.29 is 4.74 Å². The molecule has 1 atom stereocenters. The molecule has 0 amide bonds. The van der Waals surface area contributed by atoms with Crippen molar-refractivity contribution in [1.82, 2.24) is 9.55 Å². The SMILES string of the molecule is CCCCN(CC1CCCCO1)c1c(N)n(CC(C)C)c(=O)[nH]c1=O. The number of nitrogen functional groups attached to an aromatic ring is 1. The molecule has 1 aliphatic heterocycles. The Hall–Kier alpha value is -1.76. The maximum atomic E-state index is 12.5. The fraction of sp³-hybridized carbons (Fsp3) is 0.778. The molecule has 0 saturated carbocycles. The van der Waals surface area contributed by atoms with Gasteiger partial charge in [-0.3, -0.25) is 14.3 Å². The first-order valence-corrected chi connectivity index (χ1v) is 9.43. The molecule has 1 unspecified atom stereocenters. The van der Waals surface area contributed by atoms with E-state index in [0.29, 0.717) is 18.8 Å². The van der Waals surface area contributed by atoms with Gasteiger partial charge in [-0.25, -0.2) is 4.79 Å². The predicted octanol–water partition coefficient (Wildman–Crippen LogP) is 1.95. The summed E-state index contributed by atoms with van der Waals surface area (Å²) in [6.45, 7) is 8.75. The Kier molecular flexibility index (Phi) is 7.11. The molecule has 1 aromatic heterocycles. The third kappa shape index (κ3) is 5.11. The number of nitrogens with zero attached hydrogens (tertiary/aromatic N) is 2. The number of nitrogens with two attached hydrogens (primary N) is 1. The third-order valence-corrected chi connectivity index (χ3v) is 4.56. The van der Waals surface area contributed by atoms with Crippen molar-refractivity contribution in [3.05, 3.63) is 20.8 Å². The summed E-state index contributed by atoms with van der Waals surface area (Å²) in [7, 11) is 0. The van der Waals surface area contributed by atoms with Gasteiger partial charge in [0, 0.05) is 26.2 Å². The summed E-state index contributed by atoms with van der Waals surface area (Å²) in [6.07, 6.45) is 5.31. The van der Waals surface area contributed by atoms with Crippen LogP contribution in [-0.2, 0) is 11.3 Å². The number of hydrogen-bond donors (Lipinski definition) is 2. The van der Waals surface area contributed by atoms with E-state index in [-0.39, 0.29) is 17.8 Å². The summed E-state index contributed by atoms with van der Waals surface area (Å²) in [4.78, 5) is 29.1. The summed E-state index contributed by atoms with van der Waals surface area (Å²) in [5, 5.41) is 0. The van der Waals surface area contributed by atoms with Crippen molar-refractivity contribution >= 4 is 11.5 Å². The van der Waals surface area contributed by atoms with Gasteiger partial charge < -0.3 is 15.4 Å². The number of unbranched alkanes of at least 4 members (excludes halogenated alkanes) is 1. The second-order valence-electron chi connectivity index (χ2n) is 7.29. The molecule has 2 rings (SSSR count). The second-order valence-corrected chi connectivity index (χ2v) is 7.29. The molecule has 1 saturated heterocycles. The Bertz CT molecular complexity index is 659. The van der Waals surface area contributed by atoms with Gasteiger partial charge in [0.25, 0.3) is 5.56 Å². The van der Waals surface area contributed by atoms with E-state index >= 15 is 0 Å². The Morgan fingerprint density at radius 3 is 2.72 bits per heavy atom. The van der Waals surface area contributed by atoms with Gasteiger partial charge in [0.15, 0.2) is 0 Å². The van der Waals surface area contributed by atoms with Crippen LogP contribution in [0.3, 0.4) is 0 Å². The summed E-state index contributed by atoms with van der Waals surface area (Å²) in [5.41, 5.74) is 5.83. The van der Waals surface area contributed by atoms with Crippen molar-refractivity contribution in [1.29, 1.82) is 0 Å². The minimum Gasteiger partial charge on any atom is -0.383 e. The van der Waals surface area contributed by atoms with E-state index in [9.17, 15) is 9.59 Å². The topological polar surface area (TPSA) is 93.3 Å². The number of H-pyrrole nitrogens is 1. The lowest BCUT2D eigenvalue weighted by molar-refractivity contribution is 0.0209. The van der Waals surface area contributed by atoms with Crippen molar-refractivity contribution in [2.75, 3.05) is 30.3 Å². The highest BCUT2D eigenvalue weighted by Gasteiger charge is 2.23. The molecule has 1 aliphatic rings. The molecular formula is C18H32N4O3. The van der Waals surface area contributed by atoms with Crippen LogP contribution in [0, 0.1) is 5.92 Å². The van der Waals surface area contributed by atoms with Crippen molar-refractivity contribution in [3.8, 4) is 0 Å². The van der Waals surface area contributed by atoms with E-state index in [4.69, 9.17) is 10.5 Å². The lowest BCUT2D eigenvalue weighted by atomic mass is 10.1. The Balaban J connectivity index is 2.37. The minimum atomic E-state index is -0.440. The average molecular weight is 352 g/mol. The van der Waals surface area contributed by atoms with E-state index in [2.05, 4.69) is 11.9 Å². The molecule has 7 heteroatoms. The van der Waals surface area contributed by atoms with E-state index < -0.39 is 11.2 Å². The highest BCUT2D eigenvalue weighted by molar-refractivity contribution is 5.62. The number of nitrogens with one attached hydrogen (secondary N) is 1. The average Bonchev–Trinajstić information content (AvgIpc) is 2.57. The van der Waals surface area contributed by atoms with Crippen LogP contribution < -0.4 is 21.9 Å². The molecule has 0 aromatic carbocycles. The summed E-state index contributed by atoms with van der Waals surface area (Å²) in [5.74, 6) is 0.513. The third-order valence-electron chi connectivity index (χ3n) is 4.56. The zero-order valence-corrected chi connectivity index (χ0v) is 15.7. The summed E-state index contributed by atoms with van der Waals surface area (Å²) in [6, 6.07) is 0. The van der Waals surface area contributed by atoms with Gasteiger partial charge in [-0.15, -0.1) is 0 Å². The van der Waals surface area contributed by atoms with E-state index in [1.54, 1.807) is 0 Å². The van der Waals surface area contributed by atoms with Crippen LogP contribution in [0.15, 0.2) is 9.59 Å². The highest BCUT2D eigenvalue weighted by Crippen LogP contribution is 2.21. The number of ether oxygens (including phenoxy) is 1. The number of anilines is 2. The minimum absolute atomic E-state index is 0.106. The Morgan fingerprint density at radius 1 is 1.36 bits per heavy atom. The van der Waals surface area contributed by atoms with E-state index in [1.165, 1.54) is 4.57 Å². The quantitative estimate of drug-likeness (QED) is 0.746. The normalized spacial score (nSPS) is 17.8. The van der Waals surface area contributed by atoms with Crippen molar-refractivity contribution in [2.24, 2.45) is 5.92 Å². The first-order valence-electron chi connectivity index (χ1n) is 9.43. The predicted molar refractivity (Wildman–Crippen MR) is 101 cm³/mol. The van der Waals surface area contributed by atoms with Crippen LogP contribution in [0.25, 0.3) is 0 Å². The number of hydrogen-bond acceptors (Lipinski definition) is 5. The standard InChI is InChI=1S/C18H32N4O3/c1-4-5-9-21(12-14-8-6-7-10-25-14)15-16(19)22(11-13(2)3)18(24)20-17(15)23/h13-14H,4-12,19H2,1-3H3,(H,20,23,24). The molecule has 0 spiro atoms. The smallest absolute Gasteiger partial charge is 0.330 e. The number of rotatable bonds is 8. The maximum Gasteiger partial charge on any atom is 0.330 e. The van der Waals surface area contributed by atoms with Crippen LogP contribution in [0.5, 0.6) is 0 Å². The van der Waals surface area contributed by atoms with Crippen LogP contribution in [0.1, 0.15) is 52.9 Å².